The number of nitrogens with one attached hydrogen (secondary N) is 3. The van der Waals surface area contributed by atoms with Crippen molar-refractivity contribution in [3.05, 3.63) is 177 Å². The molecular weight excluding hydrogens is 851 g/mol. The zero-order valence-electron chi connectivity index (χ0n) is 37.4. The summed E-state index contributed by atoms with van der Waals surface area (Å²) in [4.78, 5) is 58.3. The van der Waals surface area contributed by atoms with Crippen LogP contribution in [0, 0.1) is 5.92 Å². The molecule has 2 amide bonds. The fraction of sp³-hybridized carbons (Fsp3) is 0.321. The highest BCUT2D eigenvalue weighted by atomic mass is 16.6. The molecule has 6 aromatic rings. The summed E-state index contributed by atoms with van der Waals surface area (Å²) in [6.07, 6.45) is 1.70. The Morgan fingerprint density at radius 1 is 0.806 bits per heavy atom. The number of aliphatic hydroxyl groups excluding tert-OH is 1. The quantitative estimate of drug-likeness (QED) is 0.0389. The first-order valence-corrected chi connectivity index (χ1v) is 23.0. The summed E-state index contributed by atoms with van der Waals surface area (Å²) in [6, 6.07) is 39.1. The number of rotatable bonds is 20. The minimum atomic E-state index is -0.903. The third-order valence-electron chi connectivity index (χ3n) is 12.5. The molecule has 1 aromatic heterocycles. The summed E-state index contributed by atoms with van der Waals surface area (Å²) >= 11 is 0. The van der Waals surface area contributed by atoms with Gasteiger partial charge in [0.05, 0.1) is 29.8 Å². The van der Waals surface area contributed by atoms with Gasteiger partial charge in [0.15, 0.2) is 0 Å². The van der Waals surface area contributed by atoms with Crippen molar-refractivity contribution < 1.29 is 38.8 Å². The van der Waals surface area contributed by atoms with E-state index in [4.69, 9.17) is 14.2 Å². The molecule has 0 saturated carbocycles. The number of alkyl carbamates (subject to hydrolysis) is 1. The van der Waals surface area contributed by atoms with Gasteiger partial charge in [0.1, 0.15) is 24.2 Å². The number of nitrogens with zero attached hydrogens (tertiary/aromatic N) is 2. The second kappa shape index (κ2) is 22.5. The van der Waals surface area contributed by atoms with Crippen LogP contribution >= 0.6 is 0 Å². The lowest BCUT2D eigenvalue weighted by atomic mass is 9.86. The van der Waals surface area contributed by atoms with E-state index in [0.717, 1.165) is 49.2 Å². The molecule has 3 aliphatic heterocycles. The van der Waals surface area contributed by atoms with E-state index in [1.165, 1.54) is 12.1 Å². The smallest absolute Gasteiger partial charge is 0.408 e. The van der Waals surface area contributed by atoms with Crippen LogP contribution in [0.3, 0.4) is 0 Å². The Morgan fingerprint density at radius 2 is 1.54 bits per heavy atom. The number of hydrogen-bond donors (Lipinski definition) is 5. The molecule has 14 heteroatoms. The van der Waals surface area contributed by atoms with E-state index < -0.39 is 24.2 Å². The fourth-order valence-electron chi connectivity index (χ4n) is 8.90. The lowest BCUT2D eigenvalue weighted by Gasteiger charge is -2.43. The lowest BCUT2D eigenvalue weighted by Crippen LogP contribution is -2.52. The van der Waals surface area contributed by atoms with Crippen molar-refractivity contribution in [2.75, 3.05) is 52.4 Å². The highest BCUT2D eigenvalue weighted by molar-refractivity contribution is 5.94. The summed E-state index contributed by atoms with van der Waals surface area (Å²) in [7, 11) is 0. The molecule has 4 heterocycles. The molecular formula is C53H57N5O9. The number of hydrogen-bond acceptors (Lipinski definition) is 11. The number of aromatic hydroxyl groups is 1. The summed E-state index contributed by atoms with van der Waals surface area (Å²) < 4.78 is 17.8. The van der Waals surface area contributed by atoms with Crippen LogP contribution in [0.25, 0.3) is 10.9 Å². The van der Waals surface area contributed by atoms with E-state index >= 15 is 0 Å². The van der Waals surface area contributed by atoms with Crippen LogP contribution in [0.2, 0.25) is 0 Å². The van der Waals surface area contributed by atoms with Gasteiger partial charge in [-0.1, -0.05) is 78.9 Å². The standard InChI is InChI=1S/C53H57N5O9/c59-45-22-20-43(44-21-23-48(61)55-50(44)45)46(60)33-54-26-8-27-58(51(62)39-12-5-2-6-13-39)28-9-31-65-52(63)40-18-16-36(17-19-40)35-66-42-15-7-14-41(32-42)49(38-10-3-1-4-11-38)56-53(64)67-47-34-57-29-24-37(47)25-30-57/h1-7,10-23,32,37,46-47,49,54,59-60H,8-9,24-31,33-35H2,(H,55,61)(H,56,64)/t46-,47-,49-/m0/s1. The highest BCUT2D eigenvalue weighted by Gasteiger charge is 2.37. The Labute approximate surface area is 389 Å². The van der Waals surface area contributed by atoms with Crippen molar-refractivity contribution in [3.8, 4) is 11.5 Å². The van der Waals surface area contributed by atoms with Crippen LogP contribution in [0.1, 0.15) is 80.8 Å². The molecule has 67 heavy (non-hydrogen) atoms. The molecule has 3 saturated heterocycles. The topological polar surface area (TPSA) is 183 Å². The molecule has 3 atom stereocenters. The number of fused-ring (bicyclic) bond motifs is 4. The third-order valence-corrected chi connectivity index (χ3v) is 12.5. The van der Waals surface area contributed by atoms with E-state index in [1.807, 2.05) is 84.9 Å². The Bertz CT molecular complexity index is 2650. The Balaban J connectivity index is 0.796. The number of carbonyl (C=O) groups excluding carboxylic acids is 3. The second-order valence-electron chi connectivity index (χ2n) is 17.1. The van der Waals surface area contributed by atoms with Gasteiger partial charge in [-0.3, -0.25) is 14.5 Å². The number of phenols is 1. The number of benzene rings is 5. The fourth-order valence-corrected chi connectivity index (χ4v) is 8.90. The van der Waals surface area contributed by atoms with Crippen LogP contribution in [-0.2, 0) is 16.1 Å². The van der Waals surface area contributed by atoms with Crippen molar-refractivity contribution in [1.29, 1.82) is 0 Å². The summed E-state index contributed by atoms with van der Waals surface area (Å²) in [6.45, 7) is 4.81. The lowest BCUT2D eigenvalue weighted by molar-refractivity contribution is -0.0336. The monoisotopic (exact) mass is 907 g/mol. The Hall–Kier alpha value is -7.00. The summed E-state index contributed by atoms with van der Waals surface area (Å²) in [5.74, 6) is 0.358. The number of H-pyrrole nitrogens is 1. The van der Waals surface area contributed by atoms with Crippen LogP contribution in [-0.4, -0.2) is 101 Å². The zero-order chi connectivity index (χ0) is 46.5. The number of phenolic OH excluding ortho intramolecular Hbond substituents is 1. The molecule has 0 aliphatic carbocycles. The second-order valence-corrected chi connectivity index (χ2v) is 17.1. The number of carbonyl (C=O) groups is 3. The van der Waals surface area contributed by atoms with Gasteiger partial charge in [-0.25, -0.2) is 9.59 Å². The first kappa shape index (κ1) is 46.5. The van der Waals surface area contributed by atoms with Gasteiger partial charge in [-0.15, -0.1) is 0 Å². The van der Waals surface area contributed by atoms with Crippen LogP contribution in [0.5, 0.6) is 11.5 Å². The molecule has 3 aliphatic rings. The van der Waals surface area contributed by atoms with E-state index in [2.05, 4.69) is 20.5 Å². The van der Waals surface area contributed by atoms with Crippen molar-refractivity contribution in [2.45, 2.75) is 50.5 Å². The van der Waals surface area contributed by atoms with E-state index in [9.17, 15) is 29.4 Å². The Morgan fingerprint density at radius 3 is 2.28 bits per heavy atom. The predicted octanol–water partition coefficient (Wildman–Crippen LogP) is 7.13. The molecule has 5 N–H and O–H groups in total. The average Bonchev–Trinajstić information content (AvgIpc) is 3.36. The molecule has 5 aromatic carbocycles. The maximum Gasteiger partial charge on any atom is 0.408 e. The molecule has 2 bridgehead atoms. The molecule has 3 fully saturated rings. The van der Waals surface area contributed by atoms with Gasteiger partial charge in [0.25, 0.3) is 5.91 Å². The Kier molecular flexibility index (Phi) is 15.6. The van der Waals surface area contributed by atoms with E-state index in [-0.39, 0.29) is 48.6 Å². The molecule has 9 rings (SSSR count). The first-order chi connectivity index (χ1) is 32.7. The molecule has 14 nitrogen and oxygen atoms in total. The third kappa shape index (κ3) is 12.3. The maximum absolute atomic E-state index is 13.5. The normalized spacial score (nSPS) is 17.3. The number of aromatic amines is 1. The van der Waals surface area contributed by atoms with Gasteiger partial charge in [0.2, 0.25) is 5.56 Å². The van der Waals surface area contributed by atoms with Crippen molar-refractivity contribution in [3.63, 3.8) is 0 Å². The van der Waals surface area contributed by atoms with Gasteiger partial charge in [-0.05, 0) is 122 Å². The van der Waals surface area contributed by atoms with Gasteiger partial charge in [0, 0.05) is 43.2 Å². The number of ether oxygens (including phenoxy) is 3. The van der Waals surface area contributed by atoms with Crippen molar-refractivity contribution >= 4 is 28.9 Å². The van der Waals surface area contributed by atoms with E-state index in [1.54, 1.807) is 41.3 Å². The largest absolute Gasteiger partial charge is 0.506 e. The zero-order valence-corrected chi connectivity index (χ0v) is 37.4. The number of pyridine rings is 1. The van der Waals surface area contributed by atoms with Gasteiger partial charge < -0.3 is 44.9 Å². The number of esters is 1. The SMILES string of the molecule is O=C(N[C@@H](c1ccccc1)c1cccc(OCc2ccc(C(=O)OCCCN(CCCNC[C@H](O)c3ccc(O)c4[nH]c(=O)ccc34)C(=O)c3ccccc3)cc2)c1)O[C@H]1CN2CCC1CC2. The van der Waals surface area contributed by atoms with Crippen molar-refractivity contribution in [1.82, 2.24) is 25.4 Å². The minimum absolute atomic E-state index is 0.0753. The summed E-state index contributed by atoms with van der Waals surface area (Å²) in [5.41, 5.74) is 4.07. The number of piperidine rings is 3. The number of aromatic nitrogens is 1. The molecule has 0 radical (unpaired) electrons. The minimum Gasteiger partial charge on any atom is -0.506 e. The van der Waals surface area contributed by atoms with Crippen LogP contribution in [0.15, 0.2) is 138 Å². The van der Waals surface area contributed by atoms with Gasteiger partial charge in [-0.2, -0.15) is 0 Å². The van der Waals surface area contributed by atoms with Crippen molar-refractivity contribution in [2.24, 2.45) is 5.92 Å². The molecule has 0 unspecified atom stereocenters. The van der Waals surface area contributed by atoms with Crippen LogP contribution in [0.4, 0.5) is 4.79 Å². The van der Waals surface area contributed by atoms with Crippen LogP contribution < -0.4 is 20.9 Å². The number of aliphatic hydroxyl groups is 1. The molecule has 348 valence electrons. The van der Waals surface area contributed by atoms with E-state index in [0.29, 0.717) is 66.2 Å². The van der Waals surface area contributed by atoms with Gasteiger partial charge >= 0.3 is 12.1 Å². The number of amides is 2. The molecule has 0 spiro atoms. The first-order valence-electron chi connectivity index (χ1n) is 23.0. The average molecular weight is 908 g/mol. The maximum atomic E-state index is 13.5. The highest BCUT2D eigenvalue weighted by Crippen LogP contribution is 2.32. The predicted molar refractivity (Wildman–Crippen MR) is 254 cm³/mol. The summed E-state index contributed by atoms with van der Waals surface area (Å²) in [5, 5.41) is 28.0.